The minimum atomic E-state index is -0.608. The monoisotopic (exact) mass is 188 g/mol. The quantitative estimate of drug-likeness (QED) is 0.486. The molecule has 0 aliphatic heterocycles. The predicted molar refractivity (Wildman–Crippen MR) is 52.0 cm³/mol. The van der Waals surface area contributed by atoms with E-state index in [9.17, 15) is 9.90 Å². The summed E-state index contributed by atoms with van der Waals surface area (Å²) in [4.78, 5) is 10.9. The van der Waals surface area contributed by atoms with Crippen LogP contribution in [-0.4, -0.2) is 46.8 Å². The number of Topliss-reactive ketones (excluding diaryl/α,β-unsaturated/α-hetero) is 1. The molecular weight excluding hydrogens is 168 g/mol. The molecule has 0 fully saturated rings. The molecule has 0 spiro atoms. The number of hydrogen-bond donors (Lipinski definition) is 1. The van der Waals surface area contributed by atoms with Crippen LogP contribution in [0.15, 0.2) is 0 Å². The van der Waals surface area contributed by atoms with Gasteiger partial charge in [0.1, 0.15) is 12.0 Å². The fraction of sp³-hybridized carbons (Fsp3) is 0.889. The summed E-state index contributed by atoms with van der Waals surface area (Å²) in [6, 6.07) is 0. The second kappa shape index (κ2) is 6.07. The molecular formula is C9H20N2O2. The molecule has 0 amide bonds. The van der Waals surface area contributed by atoms with Gasteiger partial charge < -0.3 is 5.11 Å². The van der Waals surface area contributed by atoms with Crippen LogP contribution in [0.2, 0.25) is 0 Å². The highest BCUT2D eigenvalue weighted by molar-refractivity contribution is 5.77. The third-order valence-electron chi connectivity index (χ3n) is 1.91. The molecule has 1 N–H and O–H groups in total. The Morgan fingerprint density at radius 3 is 2.08 bits per heavy atom. The Morgan fingerprint density at radius 2 is 1.85 bits per heavy atom. The maximum Gasteiger partial charge on any atom is 0.145 e. The minimum absolute atomic E-state index is 0.0628. The minimum Gasteiger partial charge on any atom is -0.377 e. The molecule has 13 heavy (non-hydrogen) atoms. The van der Waals surface area contributed by atoms with Crippen LogP contribution in [0, 0.1) is 0 Å². The van der Waals surface area contributed by atoms with Gasteiger partial charge in [0.05, 0.1) is 6.54 Å². The van der Waals surface area contributed by atoms with E-state index in [0.717, 1.165) is 13.1 Å². The van der Waals surface area contributed by atoms with Gasteiger partial charge in [0.2, 0.25) is 0 Å². The molecule has 4 nitrogen and oxygen atoms in total. The second-order valence-corrected chi connectivity index (χ2v) is 3.07. The summed E-state index contributed by atoms with van der Waals surface area (Å²) < 4.78 is 0. The first-order valence-electron chi connectivity index (χ1n) is 4.71. The average molecular weight is 188 g/mol. The topological polar surface area (TPSA) is 43.8 Å². The van der Waals surface area contributed by atoms with E-state index < -0.39 is 6.23 Å². The zero-order valence-electron chi connectivity index (χ0n) is 8.95. The van der Waals surface area contributed by atoms with Crippen molar-refractivity contribution in [3.05, 3.63) is 0 Å². The van der Waals surface area contributed by atoms with Gasteiger partial charge in [0.15, 0.2) is 0 Å². The number of aliphatic hydroxyl groups excluding tert-OH is 1. The van der Waals surface area contributed by atoms with E-state index in [-0.39, 0.29) is 12.3 Å². The molecule has 0 bridgehead atoms. The van der Waals surface area contributed by atoms with Gasteiger partial charge in [-0.25, -0.2) is 10.0 Å². The Bertz CT molecular complexity index is 156. The molecule has 0 aromatic rings. The fourth-order valence-electron chi connectivity index (χ4n) is 1.28. The van der Waals surface area contributed by atoms with E-state index in [2.05, 4.69) is 0 Å². The van der Waals surface area contributed by atoms with Crippen molar-refractivity contribution in [2.75, 3.05) is 19.6 Å². The Balaban J connectivity index is 4.29. The number of hydrogen-bond acceptors (Lipinski definition) is 4. The lowest BCUT2D eigenvalue weighted by atomic mass is 10.4. The Kier molecular flexibility index (Phi) is 5.86. The van der Waals surface area contributed by atoms with Crippen molar-refractivity contribution < 1.29 is 9.90 Å². The molecule has 0 saturated heterocycles. The highest BCUT2D eigenvalue weighted by Gasteiger charge is 2.18. The molecule has 0 heterocycles. The number of carbonyl (C=O) groups excluding carboxylic acids is 1. The van der Waals surface area contributed by atoms with Crippen molar-refractivity contribution in [1.82, 2.24) is 10.0 Å². The van der Waals surface area contributed by atoms with Crippen LogP contribution in [0.1, 0.15) is 27.7 Å². The van der Waals surface area contributed by atoms with Crippen molar-refractivity contribution in [2.24, 2.45) is 0 Å². The number of carbonyl (C=O) groups is 1. The molecule has 4 heteroatoms. The van der Waals surface area contributed by atoms with Crippen LogP contribution in [-0.2, 0) is 4.79 Å². The first-order chi connectivity index (χ1) is 6.02. The molecule has 0 radical (unpaired) electrons. The standard InChI is InChI=1S/C9H20N2O2/c1-5-10(6-2)11(9(4)13)7-8(3)12/h9,13H,5-7H2,1-4H3. The van der Waals surface area contributed by atoms with Crippen LogP contribution in [0.5, 0.6) is 0 Å². The molecule has 1 unspecified atom stereocenters. The lowest BCUT2D eigenvalue weighted by Crippen LogP contribution is -2.49. The molecule has 0 saturated carbocycles. The summed E-state index contributed by atoms with van der Waals surface area (Å²) in [7, 11) is 0. The van der Waals surface area contributed by atoms with Crippen LogP contribution in [0.25, 0.3) is 0 Å². The Labute approximate surface area is 80.1 Å². The van der Waals surface area contributed by atoms with Crippen molar-refractivity contribution in [2.45, 2.75) is 33.9 Å². The maximum atomic E-state index is 10.9. The van der Waals surface area contributed by atoms with Crippen molar-refractivity contribution in [3.8, 4) is 0 Å². The number of rotatable bonds is 6. The Morgan fingerprint density at radius 1 is 1.38 bits per heavy atom. The molecule has 0 aliphatic carbocycles. The highest BCUT2D eigenvalue weighted by Crippen LogP contribution is 2.02. The second-order valence-electron chi connectivity index (χ2n) is 3.07. The lowest BCUT2D eigenvalue weighted by molar-refractivity contribution is -0.145. The lowest BCUT2D eigenvalue weighted by Gasteiger charge is -2.34. The molecule has 0 aromatic heterocycles. The number of nitrogens with zero attached hydrogens (tertiary/aromatic N) is 2. The zero-order chi connectivity index (χ0) is 10.4. The van der Waals surface area contributed by atoms with Crippen molar-refractivity contribution >= 4 is 5.78 Å². The summed E-state index contributed by atoms with van der Waals surface area (Å²) in [5.74, 6) is 0.0628. The van der Waals surface area contributed by atoms with Crippen molar-refractivity contribution in [1.29, 1.82) is 0 Å². The van der Waals surface area contributed by atoms with E-state index >= 15 is 0 Å². The largest absolute Gasteiger partial charge is 0.377 e. The molecule has 78 valence electrons. The summed E-state index contributed by atoms with van der Waals surface area (Å²) in [5.41, 5.74) is 0. The number of aliphatic hydroxyl groups is 1. The van der Waals surface area contributed by atoms with Crippen LogP contribution in [0.4, 0.5) is 0 Å². The first kappa shape index (κ1) is 12.6. The summed E-state index contributed by atoms with van der Waals surface area (Å²) in [6.45, 7) is 9.07. The summed E-state index contributed by atoms with van der Waals surface area (Å²) in [5, 5.41) is 13.1. The van der Waals surface area contributed by atoms with E-state index in [1.807, 2.05) is 18.9 Å². The van der Waals surface area contributed by atoms with E-state index in [1.165, 1.54) is 6.92 Å². The van der Waals surface area contributed by atoms with Gasteiger partial charge in [0, 0.05) is 13.1 Å². The maximum absolute atomic E-state index is 10.9. The van der Waals surface area contributed by atoms with Crippen molar-refractivity contribution in [3.63, 3.8) is 0 Å². The zero-order valence-corrected chi connectivity index (χ0v) is 8.95. The smallest absolute Gasteiger partial charge is 0.145 e. The SMILES string of the molecule is CCN(CC)N(CC(C)=O)C(C)O. The fourth-order valence-corrected chi connectivity index (χ4v) is 1.28. The van der Waals surface area contributed by atoms with Crippen LogP contribution < -0.4 is 0 Å². The number of hydrazine groups is 1. The summed E-state index contributed by atoms with van der Waals surface area (Å²) in [6.07, 6.45) is -0.608. The van der Waals surface area contributed by atoms with Gasteiger partial charge in [-0.2, -0.15) is 0 Å². The van der Waals surface area contributed by atoms with Crippen LogP contribution in [0.3, 0.4) is 0 Å². The third-order valence-corrected chi connectivity index (χ3v) is 1.91. The highest BCUT2D eigenvalue weighted by atomic mass is 16.3. The summed E-state index contributed by atoms with van der Waals surface area (Å²) >= 11 is 0. The van der Waals surface area contributed by atoms with E-state index in [0.29, 0.717) is 0 Å². The number of ketones is 1. The van der Waals surface area contributed by atoms with Crippen LogP contribution >= 0.6 is 0 Å². The molecule has 0 aromatic carbocycles. The molecule has 0 rings (SSSR count). The molecule has 0 aliphatic rings. The normalized spacial score (nSPS) is 13.8. The molecule has 1 atom stereocenters. The van der Waals surface area contributed by atoms with Gasteiger partial charge in [-0.3, -0.25) is 4.79 Å². The predicted octanol–water partition coefficient (Wildman–Crippen LogP) is 0.472. The van der Waals surface area contributed by atoms with E-state index in [1.54, 1.807) is 11.9 Å². The van der Waals surface area contributed by atoms with Gasteiger partial charge in [-0.1, -0.05) is 13.8 Å². The Hall–Kier alpha value is -0.450. The third kappa shape index (κ3) is 4.36. The van der Waals surface area contributed by atoms with Gasteiger partial charge in [0.25, 0.3) is 0 Å². The van der Waals surface area contributed by atoms with Gasteiger partial charge in [-0.15, -0.1) is 0 Å². The van der Waals surface area contributed by atoms with E-state index in [4.69, 9.17) is 0 Å². The van der Waals surface area contributed by atoms with Gasteiger partial charge in [-0.05, 0) is 13.8 Å². The van der Waals surface area contributed by atoms with Gasteiger partial charge >= 0.3 is 0 Å². The average Bonchev–Trinajstić information content (AvgIpc) is 2.04. The first-order valence-corrected chi connectivity index (χ1v) is 4.71.